The van der Waals surface area contributed by atoms with Crippen LogP contribution in [0, 0.1) is 5.82 Å². The summed E-state index contributed by atoms with van der Waals surface area (Å²) in [6, 6.07) is 8.04. The van der Waals surface area contributed by atoms with Crippen LogP contribution in [0.1, 0.15) is 12.6 Å². The average Bonchev–Trinajstić information content (AvgIpc) is 3.29. The van der Waals surface area contributed by atoms with Gasteiger partial charge >= 0.3 is 0 Å². The van der Waals surface area contributed by atoms with Gasteiger partial charge in [-0.05, 0) is 24.3 Å². The van der Waals surface area contributed by atoms with Crippen molar-refractivity contribution in [2.24, 2.45) is 7.05 Å². The zero-order valence-electron chi connectivity index (χ0n) is 14.9. The molecule has 0 atom stereocenters. The fourth-order valence-corrected chi connectivity index (χ4v) is 4.87. The van der Waals surface area contributed by atoms with Gasteiger partial charge in [0.05, 0.1) is 16.7 Å². The second-order valence-corrected chi connectivity index (χ2v) is 7.87. The van der Waals surface area contributed by atoms with Gasteiger partial charge in [0.2, 0.25) is 11.2 Å². The molecule has 0 saturated carbocycles. The third-order valence-corrected chi connectivity index (χ3v) is 6.25. The zero-order valence-corrected chi connectivity index (χ0v) is 15.7. The van der Waals surface area contributed by atoms with E-state index < -0.39 is 17.6 Å². The minimum absolute atomic E-state index is 0. The Morgan fingerprint density at radius 1 is 1.00 bits per heavy atom. The summed E-state index contributed by atoms with van der Waals surface area (Å²) < 4.78 is 26.5. The predicted octanol–water partition coefficient (Wildman–Crippen LogP) is 4.68. The summed E-state index contributed by atoms with van der Waals surface area (Å²) in [6.07, 6.45) is 1.80. The van der Waals surface area contributed by atoms with E-state index in [0.29, 0.717) is 27.7 Å². The van der Waals surface area contributed by atoms with Gasteiger partial charge in [0.25, 0.3) is 11.8 Å². The van der Waals surface area contributed by atoms with Crippen LogP contribution in [0.3, 0.4) is 0 Å². The van der Waals surface area contributed by atoms with Crippen LogP contribution in [-0.2, 0) is 16.6 Å². The Kier molecular flexibility index (Phi) is 3.07. The molecule has 4 heterocycles. The van der Waals surface area contributed by atoms with E-state index in [0.717, 1.165) is 15.6 Å². The number of imide groups is 1. The van der Waals surface area contributed by atoms with Crippen molar-refractivity contribution >= 4 is 66.5 Å². The fraction of sp³-hybridized carbons (Fsp3) is 0.0476. The second-order valence-electron chi connectivity index (χ2n) is 6.96. The van der Waals surface area contributed by atoms with E-state index in [2.05, 4.69) is 5.32 Å². The van der Waals surface area contributed by atoms with Gasteiger partial charge in [-0.2, -0.15) is 0 Å². The van der Waals surface area contributed by atoms with Crippen molar-refractivity contribution in [3.05, 3.63) is 58.9 Å². The van der Waals surface area contributed by atoms with Gasteiger partial charge in [0.1, 0.15) is 5.82 Å². The molecule has 2 aromatic carbocycles. The zero-order chi connectivity index (χ0) is 19.9. The Bertz CT molecular complexity index is 1550. The smallest absolute Gasteiger partial charge is 0.259 e. The first-order valence-electron chi connectivity index (χ1n) is 8.76. The van der Waals surface area contributed by atoms with Crippen LogP contribution < -0.4 is 5.32 Å². The number of nitrogens with zero attached hydrogens (tertiary/aromatic N) is 1. The molecule has 3 aromatic heterocycles. The van der Waals surface area contributed by atoms with Gasteiger partial charge in [0.15, 0.2) is 0 Å². The molecule has 29 heavy (non-hydrogen) atoms. The molecule has 0 spiro atoms. The van der Waals surface area contributed by atoms with Crippen molar-refractivity contribution in [2.45, 2.75) is 0 Å². The third-order valence-electron chi connectivity index (χ3n) is 5.28. The van der Waals surface area contributed by atoms with Gasteiger partial charge < -0.3 is 4.57 Å². The lowest BCUT2D eigenvalue weighted by atomic mass is 9.95. The molecule has 0 fully saturated rings. The molecule has 144 valence electrons. The van der Waals surface area contributed by atoms with Crippen LogP contribution in [0.5, 0.6) is 0 Å². The number of nitrogens with one attached hydrogen (secondary N) is 1. The third kappa shape index (κ3) is 2.14. The molecule has 0 radical (unpaired) electrons. The minimum atomic E-state index is -0.491. The number of aromatic nitrogens is 1. The summed E-state index contributed by atoms with van der Waals surface area (Å²) >= 11 is 1.40. The lowest BCUT2D eigenvalue weighted by molar-refractivity contribution is -0.122. The highest BCUT2D eigenvalue weighted by atomic mass is 32.1. The molecule has 2 amide bonds. The van der Waals surface area contributed by atoms with E-state index in [4.69, 9.17) is 9.15 Å². The van der Waals surface area contributed by atoms with Gasteiger partial charge in [-0.25, -0.2) is 4.39 Å². The van der Waals surface area contributed by atoms with E-state index in [-0.39, 0.29) is 12.6 Å². The van der Waals surface area contributed by atoms with Gasteiger partial charge in [-0.15, -0.1) is 11.3 Å². The molecule has 1 N–H and O–H groups in total. The first-order chi connectivity index (χ1) is 14.0. The Hall–Kier alpha value is -3.65. The maximum absolute atomic E-state index is 13.9. The van der Waals surface area contributed by atoms with Crippen molar-refractivity contribution in [1.29, 1.82) is 0 Å². The van der Waals surface area contributed by atoms with Gasteiger partial charge in [-0.3, -0.25) is 24.1 Å². The Balaban J connectivity index is 0.00000193. The Morgan fingerprint density at radius 3 is 2.48 bits per heavy atom. The summed E-state index contributed by atoms with van der Waals surface area (Å²) in [6.45, 7) is 0. The number of amides is 2. The number of hydrogen-bond donors (Lipinski definition) is 1. The number of rotatable bonds is 2. The number of thiophene rings is 1. The van der Waals surface area contributed by atoms with E-state index in [1.54, 1.807) is 23.7 Å². The summed E-state index contributed by atoms with van der Waals surface area (Å²) in [5.74, 6) is -1.37. The van der Waals surface area contributed by atoms with E-state index in [1.807, 2.05) is 17.7 Å². The van der Waals surface area contributed by atoms with Gasteiger partial charge in [0, 0.05) is 52.7 Å². The summed E-state index contributed by atoms with van der Waals surface area (Å²) in [5.41, 5.74) is 3.69. The number of fused-ring (bicyclic) bond motifs is 3. The Morgan fingerprint density at radius 2 is 1.72 bits per heavy atom. The fourth-order valence-electron chi connectivity index (χ4n) is 3.94. The molecule has 0 aliphatic carbocycles. The minimum Gasteiger partial charge on any atom is -0.350 e. The van der Waals surface area contributed by atoms with Crippen LogP contribution in [0.4, 0.5) is 4.39 Å². The topological polar surface area (TPSA) is 77.4 Å². The van der Waals surface area contributed by atoms with Crippen molar-refractivity contribution in [3.63, 3.8) is 0 Å². The molecule has 5 aromatic rings. The van der Waals surface area contributed by atoms with E-state index >= 15 is 0 Å². The highest BCUT2D eigenvalue weighted by Gasteiger charge is 2.35. The molecule has 0 saturated heterocycles. The highest BCUT2D eigenvalue weighted by Crippen LogP contribution is 2.41. The highest BCUT2D eigenvalue weighted by molar-refractivity contribution is 7.17. The number of carbonyl (C=O) groups excluding carboxylic acids is 2. The maximum atomic E-state index is 13.9. The maximum Gasteiger partial charge on any atom is 0.259 e. The van der Waals surface area contributed by atoms with Crippen LogP contribution in [0.25, 0.3) is 43.3 Å². The average molecular weight is 408 g/mol. The van der Waals surface area contributed by atoms with Crippen LogP contribution in [0.2, 0.25) is 0 Å². The molecule has 0 bridgehead atoms. The number of benzene rings is 2. The summed E-state index contributed by atoms with van der Waals surface area (Å²) in [5, 5.41) is 5.54. The molecule has 8 heteroatoms. The molecular formula is C21H13FN2O4S. The molecular weight excluding hydrogens is 395 g/mol. The number of halogens is 1. The van der Waals surface area contributed by atoms with Crippen molar-refractivity contribution < 1.29 is 24.6 Å². The lowest BCUT2D eigenvalue weighted by Crippen LogP contribution is -2.22. The quantitative estimate of drug-likeness (QED) is 0.340. The lowest BCUT2D eigenvalue weighted by Gasteiger charge is -2.04. The molecule has 6 nitrogen and oxygen atoms in total. The van der Waals surface area contributed by atoms with Crippen molar-refractivity contribution in [1.82, 2.24) is 9.88 Å². The van der Waals surface area contributed by atoms with E-state index in [9.17, 15) is 14.0 Å². The molecule has 0 unspecified atom stereocenters. The van der Waals surface area contributed by atoms with Crippen molar-refractivity contribution in [2.75, 3.05) is 0 Å². The first kappa shape index (κ1) is 16.3. The van der Waals surface area contributed by atoms with E-state index in [1.165, 1.54) is 23.5 Å². The molecule has 1 aliphatic rings. The number of aryl methyl sites for hydroxylation is 1. The SMILES string of the molecule is Cn1cc(C2=C(c3csc4ccc(F)cc34)C(=O)NC2=O)c2cc3ooc3cc21.[HH]. The summed E-state index contributed by atoms with van der Waals surface area (Å²) in [7, 11) is 1.85. The van der Waals surface area contributed by atoms with Crippen molar-refractivity contribution in [3.8, 4) is 0 Å². The largest absolute Gasteiger partial charge is 0.350 e. The van der Waals surface area contributed by atoms with Gasteiger partial charge in [-0.1, -0.05) is 0 Å². The van der Waals surface area contributed by atoms with Crippen LogP contribution >= 0.6 is 11.3 Å². The van der Waals surface area contributed by atoms with Crippen LogP contribution in [0.15, 0.2) is 51.1 Å². The molecule has 6 rings (SSSR count). The monoisotopic (exact) mass is 408 g/mol. The predicted molar refractivity (Wildman–Crippen MR) is 109 cm³/mol. The van der Waals surface area contributed by atoms with Crippen LogP contribution in [-0.4, -0.2) is 16.4 Å². The number of carbonyl (C=O) groups is 2. The number of hydrogen-bond acceptors (Lipinski definition) is 5. The Labute approximate surface area is 167 Å². The first-order valence-corrected chi connectivity index (χ1v) is 9.64. The normalized spacial score (nSPS) is 14.8. The second kappa shape index (κ2) is 5.45. The summed E-state index contributed by atoms with van der Waals surface area (Å²) in [4.78, 5) is 25.5. The molecule has 1 aliphatic heterocycles. The standard InChI is InChI=1S/C21H11FN2O4S.H2/c1-24-7-12(10-5-15-16(28-27-15)6-14(10)24)18-19(21(26)23-20(18)25)13-8-29-17-3-2-9(22)4-11(13)17;/h2-8H,1H3,(H,23,25,26);1H.